The van der Waals surface area contributed by atoms with E-state index in [-0.39, 0.29) is 11.9 Å². The predicted octanol–water partition coefficient (Wildman–Crippen LogP) is 2.24. The molecule has 0 spiro atoms. The Morgan fingerprint density at radius 1 is 1.68 bits per heavy atom. The van der Waals surface area contributed by atoms with Gasteiger partial charge in [0.15, 0.2) is 0 Å². The smallest absolute Gasteiger partial charge is 0.310 e. The van der Waals surface area contributed by atoms with E-state index in [0.717, 1.165) is 0 Å². The van der Waals surface area contributed by atoms with Crippen molar-refractivity contribution in [3.05, 3.63) is 22.8 Å². The van der Waals surface area contributed by atoms with E-state index in [4.69, 9.17) is 21.6 Å². The van der Waals surface area contributed by atoms with Crippen LogP contribution >= 0.6 is 11.6 Å². The van der Waals surface area contributed by atoms with Gasteiger partial charge in [-0.05, 0) is 13.0 Å². The van der Waals surface area contributed by atoms with Crippen molar-refractivity contribution < 1.29 is 9.53 Å². The number of nitrogens with zero attached hydrogens (tertiary/aromatic N) is 3. The van der Waals surface area contributed by atoms with Crippen molar-refractivity contribution in [2.75, 3.05) is 25.1 Å². The molecule has 102 valence electrons. The number of hydrogen-bond donors (Lipinski definition) is 0. The molecule has 0 radical (unpaired) electrons. The molecule has 0 saturated carbocycles. The number of ether oxygens (including phenoxy) is 1. The molecule has 0 aliphatic heterocycles. The molecule has 0 aromatic carbocycles. The van der Waals surface area contributed by atoms with Crippen LogP contribution in [0.2, 0.25) is 5.02 Å². The second-order valence-corrected chi connectivity index (χ2v) is 4.51. The van der Waals surface area contributed by atoms with Crippen molar-refractivity contribution in [2.45, 2.75) is 13.8 Å². The third-order valence-electron chi connectivity index (χ3n) is 2.73. The minimum atomic E-state index is -0.279. The van der Waals surface area contributed by atoms with Gasteiger partial charge >= 0.3 is 5.97 Å². The van der Waals surface area contributed by atoms with Gasteiger partial charge in [-0.15, -0.1) is 0 Å². The van der Waals surface area contributed by atoms with E-state index >= 15 is 0 Å². The fourth-order valence-corrected chi connectivity index (χ4v) is 1.98. The second-order valence-electron chi connectivity index (χ2n) is 4.10. The molecule has 1 unspecified atom stereocenters. The topological polar surface area (TPSA) is 66.2 Å². The third kappa shape index (κ3) is 3.83. The van der Waals surface area contributed by atoms with E-state index in [9.17, 15) is 4.79 Å². The number of halogens is 1. The Bertz CT molecular complexity index is 499. The van der Waals surface area contributed by atoms with Gasteiger partial charge in [-0.3, -0.25) is 4.79 Å². The van der Waals surface area contributed by atoms with Gasteiger partial charge in [0, 0.05) is 19.3 Å². The third-order valence-corrected chi connectivity index (χ3v) is 3.01. The number of aromatic nitrogens is 1. The number of pyridine rings is 1. The average Bonchev–Trinajstić information content (AvgIpc) is 2.43. The maximum absolute atomic E-state index is 11.4. The largest absolute Gasteiger partial charge is 0.469 e. The Kier molecular flexibility index (Phi) is 5.58. The number of esters is 1. The number of carbonyl (C=O) groups is 1. The first-order valence-corrected chi connectivity index (χ1v) is 6.29. The Morgan fingerprint density at radius 2 is 2.37 bits per heavy atom. The Hall–Kier alpha value is -1.80. The van der Waals surface area contributed by atoms with Crippen LogP contribution in [0, 0.1) is 17.2 Å². The van der Waals surface area contributed by atoms with Crippen molar-refractivity contribution in [1.29, 1.82) is 5.26 Å². The molecule has 1 aromatic heterocycles. The van der Waals surface area contributed by atoms with Crippen LogP contribution in [0.15, 0.2) is 12.3 Å². The van der Waals surface area contributed by atoms with Gasteiger partial charge in [0.25, 0.3) is 0 Å². The Morgan fingerprint density at radius 3 is 2.84 bits per heavy atom. The van der Waals surface area contributed by atoms with E-state index in [0.29, 0.717) is 29.5 Å². The van der Waals surface area contributed by atoms with Gasteiger partial charge in [-0.25, -0.2) is 4.98 Å². The zero-order valence-electron chi connectivity index (χ0n) is 11.2. The number of carbonyl (C=O) groups excluding carboxylic acids is 1. The molecular formula is C13H16ClN3O2. The van der Waals surface area contributed by atoms with Crippen LogP contribution in [0.1, 0.15) is 19.4 Å². The molecule has 1 rings (SSSR count). The molecular weight excluding hydrogens is 266 g/mol. The summed E-state index contributed by atoms with van der Waals surface area (Å²) in [6, 6.07) is 3.55. The summed E-state index contributed by atoms with van der Waals surface area (Å²) in [6.45, 7) is 4.84. The van der Waals surface area contributed by atoms with Gasteiger partial charge in [0.1, 0.15) is 11.9 Å². The quantitative estimate of drug-likeness (QED) is 0.775. The number of nitriles is 1. The molecule has 0 bridgehead atoms. The van der Waals surface area contributed by atoms with Crippen LogP contribution in [0.4, 0.5) is 5.82 Å². The van der Waals surface area contributed by atoms with Crippen molar-refractivity contribution in [3.63, 3.8) is 0 Å². The van der Waals surface area contributed by atoms with Gasteiger partial charge in [0.05, 0.1) is 23.6 Å². The second kappa shape index (κ2) is 6.95. The van der Waals surface area contributed by atoms with Crippen molar-refractivity contribution in [3.8, 4) is 6.07 Å². The summed E-state index contributed by atoms with van der Waals surface area (Å²) in [4.78, 5) is 17.5. The standard InChI is InChI=1S/C13H16ClN3O2/c1-4-17(8-9(2)13(18)19-3)12-11(14)5-10(6-15)7-16-12/h5,7,9H,4,8H2,1-3H3. The van der Waals surface area contributed by atoms with E-state index in [2.05, 4.69) is 4.98 Å². The van der Waals surface area contributed by atoms with Crippen molar-refractivity contribution in [2.24, 2.45) is 5.92 Å². The highest BCUT2D eigenvalue weighted by Gasteiger charge is 2.19. The lowest BCUT2D eigenvalue weighted by Gasteiger charge is -2.25. The zero-order valence-corrected chi connectivity index (χ0v) is 11.9. The van der Waals surface area contributed by atoms with E-state index in [1.54, 1.807) is 13.0 Å². The van der Waals surface area contributed by atoms with Crippen LogP contribution in [0.5, 0.6) is 0 Å². The monoisotopic (exact) mass is 281 g/mol. The summed E-state index contributed by atoms with van der Waals surface area (Å²) < 4.78 is 4.70. The van der Waals surface area contributed by atoms with Crippen LogP contribution in [-0.2, 0) is 9.53 Å². The summed E-state index contributed by atoms with van der Waals surface area (Å²) in [7, 11) is 1.36. The molecule has 5 nitrogen and oxygen atoms in total. The first-order valence-electron chi connectivity index (χ1n) is 5.91. The maximum atomic E-state index is 11.4. The van der Waals surface area contributed by atoms with Gasteiger partial charge < -0.3 is 9.64 Å². The first kappa shape index (κ1) is 15.3. The SMILES string of the molecule is CCN(CC(C)C(=O)OC)c1ncc(C#N)cc1Cl. The summed E-state index contributed by atoms with van der Waals surface area (Å²) in [5.41, 5.74) is 0.408. The summed E-state index contributed by atoms with van der Waals surface area (Å²) in [6.07, 6.45) is 1.46. The molecule has 0 aliphatic rings. The van der Waals surface area contributed by atoms with E-state index in [1.165, 1.54) is 13.3 Å². The summed E-state index contributed by atoms with van der Waals surface area (Å²) in [5.74, 6) is 0.0144. The molecule has 0 amide bonds. The summed E-state index contributed by atoms with van der Waals surface area (Å²) >= 11 is 6.11. The van der Waals surface area contributed by atoms with Crippen molar-refractivity contribution >= 4 is 23.4 Å². The molecule has 19 heavy (non-hydrogen) atoms. The average molecular weight is 282 g/mol. The van der Waals surface area contributed by atoms with E-state index in [1.807, 2.05) is 17.9 Å². The maximum Gasteiger partial charge on any atom is 0.310 e. The van der Waals surface area contributed by atoms with Crippen LogP contribution < -0.4 is 4.90 Å². The van der Waals surface area contributed by atoms with Gasteiger partial charge in [0.2, 0.25) is 0 Å². The van der Waals surface area contributed by atoms with Gasteiger partial charge in [-0.2, -0.15) is 5.26 Å². The number of anilines is 1. The van der Waals surface area contributed by atoms with E-state index < -0.39 is 0 Å². The molecule has 0 N–H and O–H groups in total. The lowest BCUT2D eigenvalue weighted by atomic mass is 10.1. The Balaban J connectivity index is 2.92. The Labute approximate surface area is 117 Å². The molecule has 0 saturated heterocycles. The molecule has 6 heteroatoms. The highest BCUT2D eigenvalue weighted by Crippen LogP contribution is 2.24. The van der Waals surface area contributed by atoms with Crippen molar-refractivity contribution in [1.82, 2.24) is 4.98 Å². The van der Waals surface area contributed by atoms with Crippen LogP contribution in [-0.4, -0.2) is 31.2 Å². The highest BCUT2D eigenvalue weighted by molar-refractivity contribution is 6.33. The van der Waals surface area contributed by atoms with Crippen LogP contribution in [0.3, 0.4) is 0 Å². The lowest BCUT2D eigenvalue weighted by Crippen LogP contribution is -2.33. The fraction of sp³-hybridized carbons (Fsp3) is 0.462. The zero-order chi connectivity index (χ0) is 14.4. The fourth-order valence-electron chi connectivity index (χ4n) is 1.70. The molecule has 0 aliphatic carbocycles. The van der Waals surface area contributed by atoms with Crippen LogP contribution in [0.25, 0.3) is 0 Å². The number of rotatable bonds is 5. The number of hydrogen-bond acceptors (Lipinski definition) is 5. The molecule has 1 heterocycles. The summed E-state index contributed by atoms with van der Waals surface area (Å²) in [5, 5.41) is 9.18. The highest BCUT2D eigenvalue weighted by atomic mass is 35.5. The molecule has 0 fully saturated rings. The van der Waals surface area contributed by atoms with Gasteiger partial charge in [-0.1, -0.05) is 18.5 Å². The predicted molar refractivity (Wildman–Crippen MR) is 73.0 cm³/mol. The first-order chi connectivity index (χ1) is 9.03. The number of methoxy groups -OCH3 is 1. The normalized spacial score (nSPS) is 11.5. The molecule has 1 atom stereocenters. The lowest BCUT2D eigenvalue weighted by molar-refractivity contribution is -0.144. The minimum absolute atomic E-state index is 0.275. The minimum Gasteiger partial charge on any atom is -0.469 e. The molecule has 1 aromatic rings.